The van der Waals surface area contributed by atoms with Gasteiger partial charge in [-0.3, -0.25) is 9.69 Å². The van der Waals surface area contributed by atoms with Gasteiger partial charge in [-0.1, -0.05) is 86.1 Å². The molecule has 1 atom stereocenters. The molecule has 0 spiro atoms. The predicted octanol–water partition coefficient (Wildman–Crippen LogP) is 5.61. The van der Waals surface area contributed by atoms with Crippen molar-refractivity contribution in [2.75, 3.05) is 10.7 Å². The fraction of sp³-hybridized carbons (Fsp3) is 0.280. The van der Waals surface area contributed by atoms with Crippen molar-refractivity contribution in [3.8, 4) is 17.1 Å². The first kappa shape index (κ1) is 22.0. The maximum Gasteiger partial charge on any atom is 0.247 e. The van der Waals surface area contributed by atoms with Crippen molar-refractivity contribution in [3.63, 3.8) is 0 Å². The Labute approximate surface area is 192 Å². The van der Waals surface area contributed by atoms with E-state index < -0.39 is 6.23 Å². The molecule has 6 nitrogen and oxygen atoms in total. The number of thioether (sulfide) groups is 1. The first-order valence-electron chi connectivity index (χ1n) is 10.8. The number of para-hydroxylation sites is 1. The zero-order valence-electron chi connectivity index (χ0n) is 18.3. The van der Waals surface area contributed by atoms with Crippen LogP contribution >= 0.6 is 11.8 Å². The van der Waals surface area contributed by atoms with Crippen molar-refractivity contribution in [2.45, 2.75) is 44.5 Å². The first-order chi connectivity index (χ1) is 15.7. The molecule has 0 fully saturated rings. The molecule has 4 rings (SSSR count). The van der Waals surface area contributed by atoms with Crippen LogP contribution in [-0.2, 0) is 4.79 Å². The van der Waals surface area contributed by atoms with Crippen molar-refractivity contribution < 1.29 is 9.53 Å². The normalized spacial score (nSPS) is 15.1. The van der Waals surface area contributed by atoms with E-state index in [4.69, 9.17) is 4.74 Å². The number of carbonyl (C=O) groups excluding carboxylic acids is 1. The predicted molar refractivity (Wildman–Crippen MR) is 129 cm³/mol. The van der Waals surface area contributed by atoms with Gasteiger partial charge < -0.3 is 4.74 Å². The van der Waals surface area contributed by atoms with Crippen LogP contribution in [0.3, 0.4) is 0 Å². The maximum atomic E-state index is 12.7. The third kappa shape index (κ3) is 4.99. The number of hydrogen-bond donors (Lipinski definition) is 0. The van der Waals surface area contributed by atoms with Crippen LogP contribution in [0.15, 0.2) is 65.8 Å². The first-order valence-corrected chi connectivity index (χ1v) is 11.8. The lowest BCUT2D eigenvalue weighted by atomic mass is 10.1. The monoisotopic (exact) mass is 446 g/mol. The van der Waals surface area contributed by atoms with E-state index >= 15 is 0 Å². The molecule has 0 saturated carbocycles. The van der Waals surface area contributed by atoms with Crippen LogP contribution in [0.1, 0.15) is 38.7 Å². The Hall–Kier alpha value is -3.19. The van der Waals surface area contributed by atoms with E-state index in [1.165, 1.54) is 19.8 Å². The zero-order valence-corrected chi connectivity index (χ0v) is 19.1. The summed E-state index contributed by atoms with van der Waals surface area (Å²) < 4.78 is 6.29. The minimum Gasteiger partial charge on any atom is -0.448 e. The molecule has 1 aliphatic rings. The van der Waals surface area contributed by atoms with Gasteiger partial charge >= 0.3 is 0 Å². The van der Waals surface area contributed by atoms with Gasteiger partial charge in [0.2, 0.25) is 16.9 Å². The molecule has 1 aliphatic heterocycles. The second-order valence-electron chi connectivity index (χ2n) is 7.49. The molecule has 2 aromatic carbocycles. The molecular formula is C25H26N4O2S. The summed E-state index contributed by atoms with van der Waals surface area (Å²) >= 11 is 1.58. The van der Waals surface area contributed by atoms with E-state index in [1.807, 2.05) is 66.7 Å². The number of hydrogen-bond acceptors (Lipinski definition) is 6. The second kappa shape index (κ2) is 10.4. The largest absolute Gasteiger partial charge is 0.448 e. The van der Waals surface area contributed by atoms with Crippen molar-refractivity contribution in [1.82, 2.24) is 15.2 Å². The summed E-state index contributed by atoms with van der Waals surface area (Å²) in [7, 11) is 0. The van der Waals surface area contributed by atoms with Gasteiger partial charge in [0, 0.05) is 18.2 Å². The minimum atomic E-state index is -0.662. The fourth-order valence-electron chi connectivity index (χ4n) is 3.55. The summed E-state index contributed by atoms with van der Waals surface area (Å²) in [6.07, 6.45) is 6.60. The van der Waals surface area contributed by atoms with Crippen molar-refractivity contribution >= 4 is 29.4 Å². The lowest BCUT2D eigenvalue weighted by molar-refractivity contribution is -0.117. The van der Waals surface area contributed by atoms with Gasteiger partial charge in [0.15, 0.2) is 11.9 Å². The Balaban J connectivity index is 1.73. The van der Waals surface area contributed by atoms with Crippen LogP contribution in [-0.4, -0.2) is 33.1 Å². The van der Waals surface area contributed by atoms with Gasteiger partial charge in [-0.25, -0.2) is 0 Å². The van der Waals surface area contributed by atoms with Gasteiger partial charge in [0.05, 0.1) is 5.69 Å². The molecule has 0 radical (unpaired) electrons. The van der Waals surface area contributed by atoms with Gasteiger partial charge in [0.1, 0.15) is 0 Å². The molecular weight excluding hydrogens is 420 g/mol. The van der Waals surface area contributed by atoms with Crippen molar-refractivity contribution in [2.24, 2.45) is 0 Å². The number of aromatic nitrogens is 3. The molecule has 0 N–H and O–H groups in total. The molecule has 0 aliphatic carbocycles. The lowest BCUT2D eigenvalue weighted by Gasteiger charge is -2.27. The topological polar surface area (TPSA) is 68.2 Å². The quantitative estimate of drug-likeness (QED) is 0.347. The van der Waals surface area contributed by atoms with Gasteiger partial charge in [-0.05, 0) is 24.1 Å². The van der Waals surface area contributed by atoms with Crippen LogP contribution in [0, 0.1) is 0 Å². The molecule has 2 heterocycles. The van der Waals surface area contributed by atoms with Crippen molar-refractivity contribution in [1.29, 1.82) is 0 Å². The third-order valence-corrected chi connectivity index (χ3v) is 6.04. The Morgan fingerprint density at radius 1 is 1.09 bits per heavy atom. The number of ether oxygens (including phenoxy) is 1. The van der Waals surface area contributed by atoms with Crippen molar-refractivity contribution in [3.05, 3.63) is 66.2 Å². The molecule has 164 valence electrons. The van der Waals surface area contributed by atoms with Crippen LogP contribution in [0.5, 0.6) is 5.88 Å². The molecule has 32 heavy (non-hydrogen) atoms. The summed E-state index contributed by atoms with van der Waals surface area (Å²) in [6.45, 7) is 3.72. The lowest BCUT2D eigenvalue weighted by Crippen LogP contribution is -2.41. The molecule has 1 amide bonds. The van der Waals surface area contributed by atoms with Crippen LogP contribution < -0.4 is 9.64 Å². The average Bonchev–Trinajstić information content (AvgIpc) is 2.95. The number of benzene rings is 2. The average molecular weight is 447 g/mol. The summed E-state index contributed by atoms with van der Waals surface area (Å²) in [4.78, 5) is 19.0. The fourth-order valence-corrected chi connectivity index (χ4v) is 4.32. The summed E-state index contributed by atoms with van der Waals surface area (Å²) in [5.74, 6) is 1.19. The van der Waals surface area contributed by atoms with E-state index in [1.54, 1.807) is 16.7 Å². The molecule has 1 unspecified atom stereocenters. The van der Waals surface area contributed by atoms with Gasteiger partial charge in [-0.15, -0.1) is 10.2 Å². The maximum absolute atomic E-state index is 12.7. The molecule has 0 bridgehead atoms. The highest BCUT2D eigenvalue weighted by Gasteiger charge is 2.32. The van der Waals surface area contributed by atoms with E-state index in [9.17, 15) is 4.79 Å². The Morgan fingerprint density at radius 3 is 2.66 bits per heavy atom. The standard InChI is InChI=1S/C25H26N4O2S/c1-3-4-10-17-32-25-26-24-23(27-28-25)20-13-8-9-14-21(20)29(18(2)30)22(31-24)16-15-19-11-6-5-7-12-19/h5-9,11-16,22H,3-4,10,17H2,1-2H3. The van der Waals surface area contributed by atoms with Crippen LogP contribution in [0.4, 0.5) is 5.69 Å². The highest BCUT2D eigenvalue weighted by Crippen LogP contribution is 2.39. The number of unbranched alkanes of at least 4 members (excludes halogenated alkanes) is 2. The highest BCUT2D eigenvalue weighted by molar-refractivity contribution is 7.99. The van der Waals surface area contributed by atoms with Crippen LogP contribution in [0.25, 0.3) is 17.3 Å². The Morgan fingerprint density at radius 2 is 1.88 bits per heavy atom. The summed E-state index contributed by atoms with van der Waals surface area (Å²) in [5, 5.41) is 9.35. The van der Waals surface area contributed by atoms with Gasteiger partial charge in [-0.2, -0.15) is 4.98 Å². The minimum absolute atomic E-state index is 0.130. The Bertz CT molecular complexity index is 1100. The molecule has 0 saturated heterocycles. The summed E-state index contributed by atoms with van der Waals surface area (Å²) in [6, 6.07) is 17.5. The van der Waals surface area contributed by atoms with Crippen LogP contribution in [0.2, 0.25) is 0 Å². The third-order valence-electron chi connectivity index (χ3n) is 5.11. The van der Waals surface area contributed by atoms with E-state index in [0.717, 1.165) is 29.0 Å². The number of anilines is 1. The zero-order chi connectivity index (χ0) is 22.3. The van der Waals surface area contributed by atoms with Gasteiger partial charge in [0.25, 0.3) is 0 Å². The molecule has 7 heteroatoms. The number of rotatable bonds is 7. The second-order valence-corrected chi connectivity index (χ2v) is 8.55. The Kier molecular flexibility index (Phi) is 7.17. The smallest absolute Gasteiger partial charge is 0.247 e. The SMILES string of the molecule is CCCCCSc1nnc2c(n1)OC(C=Cc1ccccc1)N(C(C)=O)c1ccccc1-2. The number of fused-ring (bicyclic) bond motifs is 3. The van der Waals surface area contributed by atoms with E-state index in [0.29, 0.717) is 16.7 Å². The number of nitrogens with zero attached hydrogens (tertiary/aromatic N) is 4. The van der Waals surface area contributed by atoms with E-state index in [2.05, 4.69) is 22.1 Å². The molecule has 3 aromatic rings. The van der Waals surface area contributed by atoms with E-state index in [-0.39, 0.29) is 5.91 Å². The number of carbonyl (C=O) groups is 1. The highest BCUT2D eigenvalue weighted by atomic mass is 32.2. The summed E-state index contributed by atoms with van der Waals surface area (Å²) in [5.41, 5.74) is 3.06. The number of amides is 1. The molecule has 1 aromatic heterocycles.